The lowest BCUT2D eigenvalue weighted by Crippen LogP contribution is -2.50. The quantitative estimate of drug-likeness (QED) is 0.479. The molecule has 5 heteroatoms. The van der Waals surface area contributed by atoms with E-state index in [1.165, 1.54) is 7.11 Å². The number of ether oxygens (including phenoxy) is 2. The Morgan fingerprint density at radius 2 is 2.00 bits per heavy atom. The number of hydrogen-bond donors (Lipinski definition) is 2. The Morgan fingerprint density at radius 1 is 1.33 bits per heavy atom. The highest BCUT2D eigenvalue weighted by Crippen LogP contribution is 2.20. The number of rotatable bonds is 11. The van der Waals surface area contributed by atoms with Crippen molar-refractivity contribution in [1.82, 2.24) is 5.32 Å². The fraction of sp³-hybridized carbons (Fsp3) is 0.526. The van der Waals surface area contributed by atoms with Crippen molar-refractivity contribution in [3.63, 3.8) is 0 Å². The fourth-order valence-corrected chi connectivity index (χ4v) is 2.72. The molecule has 2 N–H and O–H groups in total. The Morgan fingerprint density at radius 3 is 2.54 bits per heavy atom. The van der Waals surface area contributed by atoms with Gasteiger partial charge >= 0.3 is 5.97 Å². The van der Waals surface area contributed by atoms with E-state index < -0.39 is 18.0 Å². The van der Waals surface area contributed by atoms with Crippen LogP contribution in [0.2, 0.25) is 0 Å². The summed E-state index contributed by atoms with van der Waals surface area (Å²) in [5, 5.41) is 13.3. The third kappa shape index (κ3) is 6.43. The molecule has 0 amide bonds. The van der Waals surface area contributed by atoms with Crippen molar-refractivity contribution in [1.29, 1.82) is 0 Å². The second-order valence-corrected chi connectivity index (χ2v) is 5.99. The van der Waals surface area contributed by atoms with Gasteiger partial charge in [0.1, 0.15) is 0 Å². The first-order valence-electron chi connectivity index (χ1n) is 8.23. The molecule has 0 spiro atoms. The molecule has 24 heavy (non-hydrogen) atoms. The van der Waals surface area contributed by atoms with Crippen LogP contribution in [0.15, 0.2) is 43.0 Å². The van der Waals surface area contributed by atoms with Crippen LogP contribution in [0.25, 0.3) is 0 Å². The molecular formula is C19H29NO4. The fourth-order valence-electron chi connectivity index (χ4n) is 2.72. The molecule has 0 aliphatic heterocycles. The van der Waals surface area contributed by atoms with Gasteiger partial charge in [-0.15, -0.1) is 6.58 Å². The zero-order valence-electron chi connectivity index (χ0n) is 14.8. The molecule has 0 aliphatic carbocycles. The van der Waals surface area contributed by atoms with E-state index in [0.717, 1.165) is 5.56 Å². The van der Waals surface area contributed by atoms with Gasteiger partial charge in [-0.3, -0.25) is 4.79 Å². The topological polar surface area (TPSA) is 67.8 Å². The molecular weight excluding hydrogens is 306 g/mol. The number of benzene rings is 1. The molecule has 0 bridgehead atoms. The Kier molecular flexibility index (Phi) is 9.30. The summed E-state index contributed by atoms with van der Waals surface area (Å²) in [5.41, 5.74) is 1.10. The maximum absolute atomic E-state index is 12.1. The van der Waals surface area contributed by atoms with E-state index in [-0.39, 0.29) is 12.0 Å². The molecule has 4 atom stereocenters. The van der Waals surface area contributed by atoms with Gasteiger partial charge in [0.2, 0.25) is 0 Å². The van der Waals surface area contributed by atoms with E-state index >= 15 is 0 Å². The first-order chi connectivity index (χ1) is 11.5. The number of nitrogens with one attached hydrogen (secondary N) is 1. The molecule has 0 radical (unpaired) electrons. The molecule has 1 rings (SSSR count). The Labute approximate surface area is 144 Å². The number of aliphatic hydroxyl groups is 1. The molecule has 0 aromatic heterocycles. The highest BCUT2D eigenvalue weighted by Gasteiger charge is 2.36. The van der Waals surface area contributed by atoms with Crippen molar-refractivity contribution in [3.05, 3.63) is 48.6 Å². The van der Waals surface area contributed by atoms with Crippen LogP contribution in [0.1, 0.15) is 19.4 Å². The predicted octanol–water partition coefficient (Wildman–Crippen LogP) is 2.15. The van der Waals surface area contributed by atoms with Crippen LogP contribution in [0.4, 0.5) is 0 Å². The molecule has 0 fully saturated rings. The zero-order chi connectivity index (χ0) is 17.9. The molecule has 0 saturated carbocycles. The average Bonchev–Trinajstić information content (AvgIpc) is 2.58. The van der Waals surface area contributed by atoms with E-state index in [2.05, 4.69) is 11.9 Å². The van der Waals surface area contributed by atoms with Crippen molar-refractivity contribution in [2.24, 2.45) is 11.8 Å². The monoisotopic (exact) mass is 335 g/mol. The van der Waals surface area contributed by atoms with Gasteiger partial charge in [0.15, 0.2) is 0 Å². The Balaban J connectivity index is 2.70. The zero-order valence-corrected chi connectivity index (χ0v) is 14.8. The predicted molar refractivity (Wildman–Crippen MR) is 94.4 cm³/mol. The summed E-state index contributed by atoms with van der Waals surface area (Å²) >= 11 is 0. The van der Waals surface area contributed by atoms with Gasteiger partial charge in [0.05, 0.1) is 32.3 Å². The lowest BCUT2D eigenvalue weighted by atomic mass is 9.86. The highest BCUT2D eigenvalue weighted by atomic mass is 16.5. The molecule has 4 unspecified atom stereocenters. The van der Waals surface area contributed by atoms with Crippen LogP contribution in [0, 0.1) is 11.8 Å². The summed E-state index contributed by atoms with van der Waals surface area (Å²) in [6, 6.07) is 9.64. The second kappa shape index (κ2) is 11.0. The SMILES string of the molecule is C=CCNC(C(C)COCc1ccccc1)C(C(=O)OC)C(C)O. The lowest BCUT2D eigenvalue weighted by molar-refractivity contribution is -0.151. The summed E-state index contributed by atoms with van der Waals surface area (Å²) < 4.78 is 10.6. The Hall–Kier alpha value is -1.69. The number of carbonyl (C=O) groups excluding carboxylic acids is 1. The van der Waals surface area contributed by atoms with Crippen molar-refractivity contribution in [3.8, 4) is 0 Å². The maximum Gasteiger partial charge on any atom is 0.312 e. The van der Waals surface area contributed by atoms with Gasteiger partial charge < -0.3 is 19.9 Å². The second-order valence-electron chi connectivity index (χ2n) is 5.99. The van der Waals surface area contributed by atoms with Gasteiger partial charge in [-0.2, -0.15) is 0 Å². The summed E-state index contributed by atoms with van der Waals surface area (Å²) in [4.78, 5) is 12.1. The van der Waals surface area contributed by atoms with E-state index in [1.807, 2.05) is 37.3 Å². The highest BCUT2D eigenvalue weighted by molar-refractivity contribution is 5.73. The van der Waals surface area contributed by atoms with E-state index in [9.17, 15) is 9.90 Å². The van der Waals surface area contributed by atoms with Crippen LogP contribution in [0.5, 0.6) is 0 Å². The first-order valence-corrected chi connectivity index (χ1v) is 8.23. The number of methoxy groups -OCH3 is 1. The van der Waals surface area contributed by atoms with E-state index in [0.29, 0.717) is 19.8 Å². The average molecular weight is 335 g/mol. The first kappa shape index (κ1) is 20.4. The largest absolute Gasteiger partial charge is 0.469 e. The normalized spacial score (nSPS) is 16.0. The molecule has 134 valence electrons. The number of carbonyl (C=O) groups is 1. The third-order valence-electron chi connectivity index (χ3n) is 3.98. The van der Waals surface area contributed by atoms with Crippen LogP contribution in [-0.4, -0.2) is 43.5 Å². The van der Waals surface area contributed by atoms with Gasteiger partial charge in [0.25, 0.3) is 0 Å². The van der Waals surface area contributed by atoms with Crippen LogP contribution in [-0.2, 0) is 20.9 Å². The van der Waals surface area contributed by atoms with E-state index in [1.54, 1.807) is 13.0 Å². The van der Waals surface area contributed by atoms with Crippen molar-refractivity contribution < 1.29 is 19.4 Å². The van der Waals surface area contributed by atoms with E-state index in [4.69, 9.17) is 9.47 Å². The molecule has 0 saturated heterocycles. The molecule has 0 heterocycles. The Bertz CT molecular complexity index is 489. The van der Waals surface area contributed by atoms with Crippen LogP contribution < -0.4 is 5.32 Å². The van der Waals surface area contributed by atoms with Crippen molar-refractivity contribution >= 4 is 5.97 Å². The minimum Gasteiger partial charge on any atom is -0.469 e. The minimum atomic E-state index is -0.823. The molecule has 1 aromatic carbocycles. The van der Waals surface area contributed by atoms with Gasteiger partial charge in [-0.05, 0) is 18.4 Å². The lowest BCUT2D eigenvalue weighted by Gasteiger charge is -2.32. The van der Waals surface area contributed by atoms with Crippen LogP contribution in [0.3, 0.4) is 0 Å². The number of aliphatic hydroxyl groups excluding tert-OH is 1. The van der Waals surface area contributed by atoms with Gasteiger partial charge in [0, 0.05) is 12.6 Å². The minimum absolute atomic E-state index is 0.00682. The third-order valence-corrected chi connectivity index (χ3v) is 3.98. The smallest absolute Gasteiger partial charge is 0.312 e. The van der Waals surface area contributed by atoms with Crippen LogP contribution >= 0.6 is 0 Å². The number of hydrogen-bond acceptors (Lipinski definition) is 5. The summed E-state index contributed by atoms with van der Waals surface area (Å²) in [6.07, 6.45) is 0.900. The molecule has 0 aliphatic rings. The van der Waals surface area contributed by atoms with Crippen molar-refractivity contribution in [2.45, 2.75) is 32.6 Å². The molecule has 1 aromatic rings. The maximum atomic E-state index is 12.1. The van der Waals surface area contributed by atoms with Gasteiger partial charge in [-0.1, -0.05) is 43.3 Å². The number of esters is 1. The van der Waals surface area contributed by atoms with Crippen molar-refractivity contribution in [2.75, 3.05) is 20.3 Å². The van der Waals surface area contributed by atoms with Gasteiger partial charge in [-0.25, -0.2) is 0 Å². The summed E-state index contributed by atoms with van der Waals surface area (Å²) in [5.74, 6) is -1.08. The molecule has 5 nitrogen and oxygen atoms in total. The summed E-state index contributed by atoms with van der Waals surface area (Å²) in [7, 11) is 1.33. The standard InChI is InChI=1S/C19H29NO4/c1-5-11-20-18(17(15(3)21)19(22)23-4)14(2)12-24-13-16-9-7-6-8-10-16/h5-10,14-15,17-18,20-21H,1,11-13H2,2-4H3. The summed E-state index contributed by atoms with van der Waals surface area (Å²) in [6.45, 7) is 8.79.